The highest BCUT2D eigenvalue weighted by atomic mass is 31.2. The fourth-order valence-corrected chi connectivity index (χ4v) is 5.33. The lowest BCUT2D eigenvalue weighted by Gasteiger charge is -2.28. The average molecular weight is 664 g/mol. The summed E-state index contributed by atoms with van der Waals surface area (Å²) in [4.78, 5) is 48.2. The first-order chi connectivity index (χ1) is 21.2. The molecule has 0 amide bonds. The molecule has 0 radical (unpaired) electrons. The number of unbranched alkanes of at least 4 members (excludes halogenated alkanes) is 12. The van der Waals surface area contributed by atoms with Crippen LogP contribution in [0.2, 0.25) is 0 Å². The first kappa shape index (κ1) is 41.2. The molecule has 3 atom stereocenters. The number of esters is 3. The van der Waals surface area contributed by atoms with Gasteiger partial charge in [0.25, 0.3) is 7.82 Å². The second kappa shape index (κ2) is 22.7. The third kappa shape index (κ3) is 23.2. The normalized spacial score (nSPS) is 18.4. The van der Waals surface area contributed by atoms with Crippen LogP contribution < -0.4 is 4.89 Å². The molecule has 0 saturated heterocycles. The minimum Gasteiger partial charge on any atom is -0.756 e. The molecule has 3 unspecified atom stereocenters. The smallest absolute Gasteiger partial charge is 0.333 e. The molecule has 262 valence electrons. The summed E-state index contributed by atoms with van der Waals surface area (Å²) in [5.41, 5.74) is 0. The van der Waals surface area contributed by atoms with Crippen LogP contribution in [0.4, 0.5) is 0 Å². The van der Waals surface area contributed by atoms with Crippen molar-refractivity contribution in [1.82, 2.24) is 0 Å². The SMILES string of the molecule is CCCCCCCCCCCCCCCC(=O)OCC(COP(=O)([O-])OCC[N+](C)(C)C)OC(=O)CCCC1(O)C=CC(=O)O1. The largest absolute Gasteiger partial charge is 0.756 e. The van der Waals surface area contributed by atoms with Gasteiger partial charge in [0.2, 0.25) is 5.79 Å². The standard InChI is InChI=1S/C32H58NO11P/c1-5-6-7-8-9-10-11-12-13-14-15-16-17-19-29(34)40-26-28(27-42-45(38,39)41-25-24-33(2,3)4)43-30(35)20-18-22-32(37)23-21-31(36)44-32/h21,23,28,37H,5-20,22,24-27H2,1-4H3. The second-order valence-corrected chi connectivity index (χ2v) is 14.2. The van der Waals surface area contributed by atoms with Gasteiger partial charge in [-0.1, -0.05) is 84.0 Å². The Morgan fingerprint density at radius 1 is 0.889 bits per heavy atom. The molecule has 13 heteroatoms. The fraction of sp³-hybridized carbons (Fsp3) is 0.844. The van der Waals surface area contributed by atoms with Crippen molar-refractivity contribution in [3.8, 4) is 0 Å². The van der Waals surface area contributed by atoms with E-state index >= 15 is 0 Å². The molecule has 0 spiro atoms. The van der Waals surface area contributed by atoms with E-state index in [1.165, 1.54) is 63.9 Å². The van der Waals surface area contributed by atoms with Crippen molar-refractivity contribution >= 4 is 25.7 Å². The molecule has 0 fully saturated rings. The van der Waals surface area contributed by atoms with E-state index in [-0.39, 0.29) is 38.9 Å². The van der Waals surface area contributed by atoms with Crippen molar-refractivity contribution in [3.63, 3.8) is 0 Å². The van der Waals surface area contributed by atoms with E-state index in [0.29, 0.717) is 17.4 Å². The van der Waals surface area contributed by atoms with Crippen LogP contribution in [0.25, 0.3) is 0 Å². The predicted octanol–water partition coefficient (Wildman–Crippen LogP) is 5.10. The topological polar surface area (TPSA) is 158 Å². The van der Waals surface area contributed by atoms with E-state index in [4.69, 9.17) is 23.3 Å². The lowest BCUT2D eigenvalue weighted by Crippen LogP contribution is -2.37. The van der Waals surface area contributed by atoms with Crippen molar-refractivity contribution < 1.29 is 56.7 Å². The highest BCUT2D eigenvalue weighted by Crippen LogP contribution is 2.38. The Hall–Kier alpha value is -1.82. The van der Waals surface area contributed by atoms with Crippen LogP contribution in [0.3, 0.4) is 0 Å². The van der Waals surface area contributed by atoms with Crippen LogP contribution in [0.15, 0.2) is 12.2 Å². The average Bonchev–Trinajstić information content (AvgIpc) is 3.29. The number of ether oxygens (including phenoxy) is 3. The number of hydrogen-bond acceptors (Lipinski definition) is 11. The molecule has 0 aromatic heterocycles. The molecular weight excluding hydrogens is 605 g/mol. The Morgan fingerprint density at radius 2 is 1.44 bits per heavy atom. The summed E-state index contributed by atoms with van der Waals surface area (Å²) < 4.78 is 37.9. The second-order valence-electron chi connectivity index (χ2n) is 12.8. The third-order valence-corrected chi connectivity index (χ3v) is 8.28. The van der Waals surface area contributed by atoms with E-state index < -0.39 is 44.2 Å². The predicted molar refractivity (Wildman–Crippen MR) is 168 cm³/mol. The lowest BCUT2D eigenvalue weighted by molar-refractivity contribution is -0.870. The number of nitrogens with zero attached hydrogens (tertiary/aromatic N) is 1. The maximum atomic E-state index is 12.5. The van der Waals surface area contributed by atoms with Crippen LogP contribution in [0.1, 0.15) is 116 Å². The Morgan fingerprint density at radius 3 is 1.98 bits per heavy atom. The minimum atomic E-state index is -4.70. The van der Waals surface area contributed by atoms with Gasteiger partial charge in [-0.05, 0) is 18.9 Å². The number of rotatable bonds is 28. The number of cyclic esters (lactones) is 1. The first-order valence-corrected chi connectivity index (χ1v) is 18.1. The first-order valence-electron chi connectivity index (χ1n) is 16.6. The van der Waals surface area contributed by atoms with Gasteiger partial charge in [-0.2, -0.15) is 0 Å². The van der Waals surface area contributed by atoms with Crippen LogP contribution in [-0.4, -0.2) is 86.9 Å². The van der Waals surface area contributed by atoms with Gasteiger partial charge in [0.15, 0.2) is 6.10 Å². The van der Waals surface area contributed by atoms with Gasteiger partial charge in [-0.25, -0.2) is 4.79 Å². The van der Waals surface area contributed by atoms with Crippen LogP contribution in [-0.2, 0) is 42.2 Å². The van der Waals surface area contributed by atoms with Crippen molar-refractivity contribution in [2.24, 2.45) is 0 Å². The summed E-state index contributed by atoms with van der Waals surface area (Å²) in [6.07, 6.45) is 16.7. The monoisotopic (exact) mass is 663 g/mol. The molecule has 1 aliphatic rings. The van der Waals surface area contributed by atoms with Gasteiger partial charge >= 0.3 is 17.9 Å². The quantitative estimate of drug-likeness (QED) is 0.0390. The summed E-state index contributed by atoms with van der Waals surface area (Å²) >= 11 is 0. The Bertz CT molecular complexity index is 937. The van der Waals surface area contributed by atoms with E-state index in [1.54, 1.807) is 0 Å². The minimum absolute atomic E-state index is 0.0322. The molecule has 0 bridgehead atoms. The zero-order chi connectivity index (χ0) is 33.6. The molecular formula is C32H58NO11P. The van der Waals surface area contributed by atoms with E-state index in [0.717, 1.165) is 25.3 Å². The molecule has 45 heavy (non-hydrogen) atoms. The molecule has 1 N–H and O–H groups in total. The Kier molecular flexibility index (Phi) is 20.8. The Labute approximate surface area is 270 Å². The van der Waals surface area contributed by atoms with Crippen LogP contribution in [0.5, 0.6) is 0 Å². The summed E-state index contributed by atoms with van der Waals surface area (Å²) in [5, 5.41) is 10.1. The molecule has 12 nitrogen and oxygen atoms in total. The number of carbonyl (C=O) groups excluding carboxylic acids is 3. The molecule has 1 heterocycles. The highest BCUT2D eigenvalue weighted by Gasteiger charge is 2.32. The number of likely N-dealkylation sites (N-methyl/N-ethyl adjacent to an activating group) is 1. The van der Waals surface area contributed by atoms with E-state index in [2.05, 4.69) is 6.92 Å². The molecule has 1 aliphatic heterocycles. The maximum absolute atomic E-state index is 12.5. The summed E-state index contributed by atoms with van der Waals surface area (Å²) in [6.45, 7) is 1.58. The molecule has 0 aliphatic carbocycles. The number of quaternary nitrogens is 1. The highest BCUT2D eigenvalue weighted by molar-refractivity contribution is 7.45. The van der Waals surface area contributed by atoms with Crippen LogP contribution >= 0.6 is 7.82 Å². The van der Waals surface area contributed by atoms with Gasteiger partial charge in [0, 0.05) is 25.3 Å². The fourth-order valence-electron chi connectivity index (χ4n) is 4.61. The van der Waals surface area contributed by atoms with Gasteiger partial charge < -0.3 is 37.7 Å². The number of phosphoric ester groups is 1. The number of carbonyl (C=O) groups is 3. The zero-order valence-electron chi connectivity index (χ0n) is 28.0. The van der Waals surface area contributed by atoms with E-state index in [9.17, 15) is 28.9 Å². The van der Waals surface area contributed by atoms with Crippen molar-refractivity contribution in [3.05, 3.63) is 12.2 Å². The molecule has 0 aromatic carbocycles. The van der Waals surface area contributed by atoms with Crippen molar-refractivity contribution in [2.75, 3.05) is 47.5 Å². The molecule has 1 rings (SSSR count). The van der Waals surface area contributed by atoms with Gasteiger partial charge in [0.1, 0.15) is 19.8 Å². The number of phosphoric acid groups is 1. The maximum Gasteiger partial charge on any atom is 0.333 e. The Balaban J connectivity index is 2.39. The zero-order valence-corrected chi connectivity index (χ0v) is 28.9. The molecule has 0 aromatic rings. The van der Waals surface area contributed by atoms with Crippen LogP contribution in [0, 0.1) is 0 Å². The van der Waals surface area contributed by atoms with Crippen molar-refractivity contribution in [1.29, 1.82) is 0 Å². The number of aliphatic hydroxyl groups is 1. The third-order valence-electron chi connectivity index (χ3n) is 7.32. The van der Waals surface area contributed by atoms with Gasteiger partial charge in [0.05, 0.1) is 27.7 Å². The molecule has 0 saturated carbocycles. The van der Waals surface area contributed by atoms with Gasteiger partial charge in [-0.15, -0.1) is 0 Å². The van der Waals surface area contributed by atoms with Gasteiger partial charge in [-0.3, -0.25) is 14.2 Å². The van der Waals surface area contributed by atoms with Crippen molar-refractivity contribution in [2.45, 2.75) is 128 Å². The summed E-state index contributed by atoms with van der Waals surface area (Å²) in [6, 6.07) is 0. The lowest BCUT2D eigenvalue weighted by atomic mass is 10.0. The number of hydrogen-bond donors (Lipinski definition) is 1. The van der Waals surface area contributed by atoms with E-state index in [1.807, 2.05) is 21.1 Å². The summed E-state index contributed by atoms with van der Waals surface area (Å²) in [7, 11) is 0.948. The summed E-state index contributed by atoms with van der Waals surface area (Å²) in [5.74, 6) is -3.65.